The Kier molecular flexibility index (Phi) is 4.09. The number of aryl methyl sites for hydroxylation is 1. The molecule has 0 saturated carbocycles. The van der Waals surface area contributed by atoms with Crippen LogP contribution >= 0.6 is 11.6 Å². The van der Waals surface area contributed by atoms with Crippen LogP contribution in [0, 0.1) is 6.92 Å². The smallest absolute Gasteiger partial charge is 0.244 e. The molecule has 4 rings (SSSR count). The van der Waals surface area contributed by atoms with Gasteiger partial charge in [-0.2, -0.15) is 0 Å². The van der Waals surface area contributed by atoms with Gasteiger partial charge in [-0.05, 0) is 30.2 Å². The molecule has 1 aromatic heterocycles. The average Bonchev–Trinajstić information content (AvgIpc) is 3.09. The molecule has 0 amide bonds. The van der Waals surface area contributed by atoms with Crippen LogP contribution < -0.4 is 5.43 Å². The fourth-order valence-corrected chi connectivity index (χ4v) is 2.97. The van der Waals surface area contributed by atoms with Crippen LogP contribution in [0.25, 0.3) is 16.7 Å². The lowest BCUT2D eigenvalue weighted by molar-refractivity contribution is -0.0145. The van der Waals surface area contributed by atoms with Crippen LogP contribution in [0.3, 0.4) is 0 Å². The highest BCUT2D eigenvalue weighted by Gasteiger charge is 2.27. The molecule has 5 nitrogen and oxygen atoms in total. The predicted molar refractivity (Wildman–Crippen MR) is 98.0 cm³/mol. The molecule has 1 aliphatic heterocycles. The van der Waals surface area contributed by atoms with E-state index in [1.165, 1.54) is 12.3 Å². The minimum Gasteiger partial charge on any atom is -0.501 e. The maximum atomic E-state index is 12.4. The van der Waals surface area contributed by atoms with Gasteiger partial charge in [-0.3, -0.25) is 4.79 Å². The predicted octanol–water partition coefficient (Wildman–Crippen LogP) is 4.37. The summed E-state index contributed by atoms with van der Waals surface area (Å²) in [4.78, 5) is 12.4. The van der Waals surface area contributed by atoms with Crippen LogP contribution in [0.4, 0.5) is 0 Å². The first-order valence-corrected chi connectivity index (χ1v) is 8.43. The molecular weight excluding hydrogens is 356 g/mol. The summed E-state index contributed by atoms with van der Waals surface area (Å²) in [6.07, 6.45) is 1.31. The second-order valence-corrected chi connectivity index (χ2v) is 6.47. The molecule has 0 aliphatic carbocycles. The summed E-state index contributed by atoms with van der Waals surface area (Å²) < 4.78 is 16.9. The van der Waals surface area contributed by atoms with Gasteiger partial charge >= 0.3 is 0 Å². The van der Waals surface area contributed by atoms with Crippen LogP contribution in [0.2, 0.25) is 5.02 Å². The number of aromatic hydroxyl groups is 1. The molecule has 2 heterocycles. The highest BCUT2D eigenvalue weighted by molar-refractivity contribution is 6.32. The molecule has 0 radical (unpaired) electrons. The van der Waals surface area contributed by atoms with Crippen molar-refractivity contribution in [3.8, 4) is 5.75 Å². The van der Waals surface area contributed by atoms with Gasteiger partial charge in [-0.25, -0.2) is 0 Å². The lowest BCUT2D eigenvalue weighted by atomic mass is 10.1. The second-order valence-electron chi connectivity index (χ2n) is 6.06. The third-order valence-electron chi connectivity index (χ3n) is 4.20. The van der Waals surface area contributed by atoms with Crippen molar-refractivity contribution in [3.05, 3.63) is 80.9 Å². The molecule has 2 aromatic carbocycles. The van der Waals surface area contributed by atoms with Gasteiger partial charge in [-0.1, -0.05) is 41.9 Å². The van der Waals surface area contributed by atoms with E-state index in [0.717, 1.165) is 11.1 Å². The molecule has 3 aromatic rings. The number of fused-ring (bicyclic) bond motifs is 1. The summed E-state index contributed by atoms with van der Waals surface area (Å²) in [6, 6.07) is 12.9. The Morgan fingerprint density at radius 1 is 1.19 bits per heavy atom. The van der Waals surface area contributed by atoms with Crippen molar-refractivity contribution in [1.29, 1.82) is 0 Å². The Bertz CT molecular complexity index is 1070. The van der Waals surface area contributed by atoms with E-state index in [1.807, 2.05) is 30.3 Å². The summed E-state index contributed by atoms with van der Waals surface area (Å²) >= 11 is 6.06. The van der Waals surface area contributed by atoms with E-state index in [1.54, 1.807) is 13.0 Å². The Morgan fingerprint density at radius 3 is 2.73 bits per heavy atom. The molecule has 26 heavy (non-hydrogen) atoms. The molecule has 1 aliphatic rings. The van der Waals surface area contributed by atoms with Gasteiger partial charge in [-0.15, -0.1) is 0 Å². The van der Waals surface area contributed by atoms with Crippen LogP contribution in [0.15, 0.2) is 57.9 Å². The van der Waals surface area contributed by atoms with Gasteiger partial charge in [0.2, 0.25) is 29.0 Å². The molecule has 1 N–H and O–H groups in total. The molecule has 0 saturated heterocycles. The fraction of sp³-hybridized carbons (Fsp3) is 0.150. The van der Waals surface area contributed by atoms with Crippen molar-refractivity contribution in [2.45, 2.75) is 19.6 Å². The second kappa shape index (κ2) is 6.42. The van der Waals surface area contributed by atoms with E-state index in [0.29, 0.717) is 17.0 Å². The van der Waals surface area contributed by atoms with Crippen LogP contribution in [-0.2, 0) is 15.9 Å². The SMILES string of the molecule is Cc1cc2oc(C3=COC(Cc4ccccc4)O3)c(O)c(=O)c2cc1Cl. The average molecular weight is 371 g/mol. The quantitative estimate of drug-likeness (QED) is 0.741. The standard InChI is InChI=1S/C20H15ClO5/c1-11-7-15-13(9-14(11)21)18(22)19(23)20(26-15)16-10-24-17(25-16)8-12-5-3-2-4-6-12/h2-7,9-10,17,23H,8H2,1H3. The first-order chi connectivity index (χ1) is 12.5. The van der Waals surface area contributed by atoms with E-state index < -0.39 is 17.5 Å². The molecular formula is C20H15ClO5. The van der Waals surface area contributed by atoms with Crippen molar-refractivity contribution in [3.63, 3.8) is 0 Å². The van der Waals surface area contributed by atoms with Gasteiger partial charge in [0.15, 0.2) is 0 Å². The minimum atomic E-state index is -0.570. The first kappa shape index (κ1) is 16.5. The normalized spacial score (nSPS) is 16.2. The fourth-order valence-electron chi connectivity index (χ4n) is 2.81. The van der Waals surface area contributed by atoms with Crippen LogP contribution in [0.1, 0.15) is 16.9 Å². The van der Waals surface area contributed by atoms with E-state index in [9.17, 15) is 9.90 Å². The van der Waals surface area contributed by atoms with E-state index in [4.69, 9.17) is 25.5 Å². The van der Waals surface area contributed by atoms with E-state index >= 15 is 0 Å². The Labute approximate surface area is 154 Å². The number of benzene rings is 2. The Hall–Kier alpha value is -2.92. The molecule has 1 atom stereocenters. The van der Waals surface area contributed by atoms with Gasteiger partial charge < -0.3 is 19.0 Å². The van der Waals surface area contributed by atoms with Gasteiger partial charge in [0.25, 0.3) is 0 Å². The van der Waals surface area contributed by atoms with Crippen molar-refractivity contribution in [1.82, 2.24) is 0 Å². The zero-order chi connectivity index (χ0) is 18.3. The molecule has 1 unspecified atom stereocenters. The molecule has 132 valence electrons. The van der Waals surface area contributed by atoms with Crippen molar-refractivity contribution < 1.29 is 19.0 Å². The molecule has 0 fully saturated rings. The van der Waals surface area contributed by atoms with E-state index in [-0.39, 0.29) is 16.9 Å². The molecule has 0 bridgehead atoms. The summed E-state index contributed by atoms with van der Waals surface area (Å²) in [5, 5.41) is 10.9. The number of rotatable bonds is 3. The van der Waals surface area contributed by atoms with Crippen molar-refractivity contribution in [2.24, 2.45) is 0 Å². The third-order valence-corrected chi connectivity index (χ3v) is 4.61. The summed E-state index contributed by atoms with van der Waals surface area (Å²) in [5.41, 5.74) is 1.56. The summed E-state index contributed by atoms with van der Waals surface area (Å²) in [7, 11) is 0. The maximum absolute atomic E-state index is 12.4. The van der Waals surface area contributed by atoms with Gasteiger partial charge in [0.05, 0.1) is 5.39 Å². The monoisotopic (exact) mass is 370 g/mol. The van der Waals surface area contributed by atoms with Gasteiger partial charge in [0, 0.05) is 11.4 Å². The van der Waals surface area contributed by atoms with Crippen molar-refractivity contribution in [2.75, 3.05) is 0 Å². The summed E-state index contributed by atoms with van der Waals surface area (Å²) in [6.45, 7) is 1.80. The van der Waals surface area contributed by atoms with Crippen LogP contribution in [-0.4, -0.2) is 11.4 Å². The minimum absolute atomic E-state index is 0.0558. The van der Waals surface area contributed by atoms with E-state index in [2.05, 4.69) is 0 Å². The van der Waals surface area contributed by atoms with Crippen molar-refractivity contribution >= 4 is 28.3 Å². The largest absolute Gasteiger partial charge is 0.501 e. The van der Waals surface area contributed by atoms with Gasteiger partial charge in [0.1, 0.15) is 11.8 Å². The molecule has 6 heteroatoms. The highest BCUT2D eigenvalue weighted by Crippen LogP contribution is 2.33. The van der Waals surface area contributed by atoms with Crippen LogP contribution in [0.5, 0.6) is 5.75 Å². The zero-order valence-corrected chi connectivity index (χ0v) is 14.6. The Balaban J connectivity index is 1.66. The highest BCUT2D eigenvalue weighted by atomic mass is 35.5. The zero-order valence-electron chi connectivity index (χ0n) is 13.9. The lowest BCUT2D eigenvalue weighted by Crippen LogP contribution is -2.12. The maximum Gasteiger partial charge on any atom is 0.244 e. The number of halogens is 1. The molecule has 0 spiro atoms. The summed E-state index contributed by atoms with van der Waals surface area (Å²) in [5.74, 6) is -0.414. The Morgan fingerprint density at radius 2 is 1.96 bits per heavy atom. The number of ether oxygens (including phenoxy) is 2. The number of hydrogen-bond donors (Lipinski definition) is 1. The topological polar surface area (TPSA) is 68.9 Å². The third kappa shape index (κ3) is 2.91. The number of hydrogen-bond acceptors (Lipinski definition) is 5. The first-order valence-electron chi connectivity index (χ1n) is 8.05. The lowest BCUT2D eigenvalue weighted by Gasteiger charge is -2.12.